The van der Waals surface area contributed by atoms with Gasteiger partial charge >= 0.3 is 6.03 Å². The molecule has 3 N–H and O–H groups in total. The van der Waals surface area contributed by atoms with Gasteiger partial charge in [-0.25, -0.2) is 4.79 Å². The van der Waals surface area contributed by atoms with Gasteiger partial charge in [0.2, 0.25) is 5.91 Å². The van der Waals surface area contributed by atoms with Crippen molar-refractivity contribution >= 4 is 53.6 Å². The van der Waals surface area contributed by atoms with Crippen LogP contribution in [0.3, 0.4) is 0 Å². The van der Waals surface area contributed by atoms with Crippen molar-refractivity contribution in [1.29, 1.82) is 0 Å². The predicted octanol–water partition coefficient (Wildman–Crippen LogP) is -0.480. The van der Waals surface area contributed by atoms with Crippen molar-refractivity contribution < 1.29 is 9.59 Å². The molecule has 0 aromatic rings. The molecule has 0 spiro atoms. The zero-order valence-electron chi connectivity index (χ0n) is 10.5. The normalized spacial score (nSPS) is 20.3. The first kappa shape index (κ1) is 16.3. The van der Waals surface area contributed by atoms with Gasteiger partial charge in [0, 0.05) is 24.6 Å². The number of imide groups is 1. The first-order chi connectivity index (χ1) is 8.68. The zero-order chi connectivity index (χ0) is 13.0. The summed E-state index contributed by atoms with van der Waals surface area (Å²) in [5, 5.41) is 2.47. The van der Waals surface area contributed by atoms with E-state index < -0.39 is 0 Å². The molecule has 2 heterocycles. The Balaban J connectivity index is 0.00000180. The van der Waals surface area contributed by atoms with E-state index in [4.69, 9.17) is 5.73 Å². The van der Waals surface area contributed by atoms with Gasteiger partial charge in [-0.05, 0) is 0 Å². The lowest BCUT2D eigenvalue weighted by molar-refractivity contribution is -0.124. The molecule has 0 aromatic carbocycles. The maximum Gasteiger partial charge on any atom is 0.324 e. The van der Waals surface area contributed by atoms with Crippen molar-refractivity contribution in [3.63, 3.8) is 0 Å². The molecule has 19 heavy (non-hydrogen) atoms. The molecule has 0 saturated carbocycles. The highest BCUT2D eigenvalue weighted by Gasteiger charge is 2.27. The van der Waals surface area contributed by atoms with E-state index in [1.165, 1.54) is 4.90 Å². The SMILES string of the molecule is I.NC(=NCCN1C(=O)CNC1=O)N1CCSCC1. The molecule has 9 heteroatoms. The molecule has 0 unspecified atom stereocenters. The molecule has 2 saturated heterocycles. The van der Waals surface area contributed by atoms with Crippen LogP contribution in [-0.2, 0) is 4.79 Å². The van der Waals surface area contributed by atoms with Crippen LogP contribution < -0.4 is 11.1 Å². The molecule has 0 bridgehead atoms. The predicted molar refractivity (Wildman–Crippen MR) is 85.9 cm³/mol. The number of carbonyl (C=O) groups is 2. The number of amides is 3. The largest absolute Gasteiger partial charge is 0.370 e. The van der Waals surface area contributed by atoms with Crippen LogP contribution in [0.15, 0.2) is 4.99 Å². The van der Waals surface area contributed by atoms with E-state index in [9.17, 15) is 9.59 Å². The van der Waals surface area contributed by atoms with E-state index in [1.54, 1.807) is 0 Å². The molecule has 2 fully saturated rings. The second-order valence-electron chi connectivity index (χ2n) is 4.04. The molecule has 3 amide bonds. The third-order valence-corrected chi connectivity index (χ3v) is 3.81. The van der Waals surface area contributed by atoms with Gasteiger partial charge in [0.1, 0.15) is 0 Å². The van der Waals surface area contributed by atoms with Crippen LogP contribution in [0.1, 0.15) is 0 Å². The van der Waals surface area contributed by atoms with Crippen LogP contribution in [0.2, 0.25) is 0 Å². The number of nitrogens with zero attached hydrogens (tertiary/aromatic N) is 3. The second-order valence-corrected chi connectivity index (χ2v) is 5.27. The Hall–Kier alpha value is -0.710. The standard InChI is InChI=1S/C10H17N5O2S.HI/c11-9(14-3-5-18-6-4-14)12-1-2-15-8(16)7-13-10(15)17;/h1-7H2,(H2,11,12)(H,13,17);1H. The fourth-order valence-corrected chi connectivity index (χ4v) is 2.74. The van der Waals surface area contributed by atoms with Crippen LogP contribution in [0.5, 0.6) is 0 Å². The number of thioether (sulfide) groups is 1. The minimum absolute atomic E-state index is 0. The molecule has 0 radical (unpaired) electrons. The summed E-state index contributed by atoms with van der Waals surface area (Å²) in [6.07, 6.45) is 0. The number of rotatable bonds is 3. The Morgan fingerprint density at radius 3 is 2.63 bits per heavy atom. The number of guanidine groups is 1. The highest BCUT2D eigenvalue weighted by Crippen LogP contribution is 2.08. The fraction of sp³-hybridized carbons (Fsp3) is 0.700. The third-order valence-electron chi connectivity index (χ3n) is 2.87. The molecular weight excluding hydrogens is 381 g/mol. The number of hydrogen-bond donors (Lipinski definition) is 2. The molecule has 108 valence electrons. The van der Waals surface area contributed by atoms with E-state index in [-0.39, 0.29) is 49.0 Å². The summed E-state index contributed by atoms with van der Waals surface area (Å²) in [4.78, 5) is 30.0. The van der Waals surface area contributed by atoms with E-state index >= 15 is 0 Å². The summed E-state index contributed by atoms with van der Waals surface area (Å²) >= 11 is 1.90. The number of nitrogens with one attached hydrogen (secondary N) is 1. The average Bonchev–Trinajstić information content (AvgIpc) is 2.71. The van der Waals surface area contributed by atoms with Gasteiger partial charge in [-0.3, -0.25) is 14.7 Å². The van der Waals surface area contributed by atoms with Gasteiger partial charge in [-0.2, -0.15) is 11.8 Å². The minimum atomic E-state index is -0.344. The van der Waals surface area contributed by atoms with E-state index in [0.29, 0.717) is 12.5 Å². The van der Waals surface area contributed by atoms with Crippen molar-refractivity contribution in [3.8, 4) is 0 Å². The van der Waals surface area contributed by atoms with Gasteiger partial charge < -0.3 is 16.0 Å². The van der Waals surface area contributed by atoms with Gasteiger partial charge in [-0.15, -0.1) is 24.0 Å². The highest BCUT2D eigenvalue weighted by atomic mass is 127. The minimum Gasteiger partial charge on any atom is -0.370 e. The quantitative estimate of drug-likeness (QED) is 0.290. The van der Waals surface area contributed by atoms with Crippen LogP contribution in [-0.4, -0.2) is 71.9 Å². The van der Waals surface area contributed by atoms with E-state index in [0.717, 1.165) is 24.6 Å². The Kier molecular flexibility index (Phi) is 6.69. The summed E-state index contributed by atoms with van der Waals surface area (Å²) in [5.74, 6) is 2.41. The van der Waals surface area contributed by atoms with Crippen LogP contribution in [0.4, 0.5) is 4.79 Å². The zero-order valence-corrected chi connectivity index (χ0v) is 13.6. The highest BCUT2D eigenvalue weighted by molar-refractivity contribution is 14.0. The molecule has 7 nitrogen and oxygen atoms in total. The molecular formula is C10H18IN5O2S. The monoisotopic (exact) mass is 399 g/mol. The Bertz CT molecular complexity index is 357. The number of hydrogen-bond acceptors (Lipinski definition) is 4. The number of halogens is 1. The number of urea groups is 1. The summed E-state index contributed by atoms with van der Waals surface area (Å²) in [6, 6.07) is -0.344. The summed E-state index contributed by atoms with van der Waals surface area (Å²) < 4.78 is 0. The van der Waals surface area contributed by atoms with Crippen LogP contribution >= 0.6 is 35.7 Å². The molecule has 2 aliphatic heterocycles. The number of carbonyl (C=O) groups excluding carboxylic acids is 2. The van der Waals surface area contributed by atoms with Crippen LogP contribution in [0.25, 0.3) is 0 Å². The lowest BCUT2D eigenvalue weighted by atomic mass is 10.5. The van der Waals surface area contributed by atoms with E-state index in [1.807, 2.05) is 16.7 Å². The first-order valence-corrected chi connectivity index (χ1v) is 7.05. The molecule has 0 aromatic heterocycles. The molecule has 2 rings (SSSR count). The van der Waals surface area contributed by atoms with Crippen molar-refractivity contribution in [1.82, 2.24) is 15.1 Å². The average molecular weight is 399 g/mol. The smallest absolute Gasteiger partial charge is 0.324 e. The van der Waals surface area contributed by atoms with Crippen molar-refractivity contribution in [3.05, 3.63) is 0 Å². The lowest BCUT2D eigenvalue weighted by Crippen LogP contribution is -2.43. The third kappa shape index (κ3) is 4.41. The summed E-state index contributed by atoms with van der Waals surface area (Å²) in [7, 11) is 0. The van der Waals surface area contributed by atoms with Gasteiger partial charge in [0.25, 0.3) is 0 Å². The first-order valence-electron chi connectivity index (χ1n) is 5.89. The van der Waals surface area contributed by atoms with Crippen molar-refractivity contribution in [2.75, 3.05) is 44.2 Å². The maximum atomic E-state index is 11.3. The number of nitrogens with two attached hydrogens (primary N) is 1. The van der Waals surface area contributed by atoms with E-state index in [2.05, 4.69) is 10.3 Å². The lowest BCUT2D eigenvalue weighted by Gasteiger charge is -2.27. The fourth-order valence-electron chi connectivity index (χ4n) is 1.84. The summed E-state index contributed by atoms with van der Waals surface area (Å²) in [5.41, 5.74) is 5.87. The molecule has 0 aliphatic carbocycles. The molecule has 0 atom stereocenters. The van der Waals surface area contributed by atoms with Crippen molar-refractivity contribution in [2.45, 2.75) is 0 Å². The number of aliphatic imine (C=N–C) groups is 1. The molecule has 2 aliphatic rings. The topological polar surface area (TPSA) is 91.0 Å². The van der Waals surface area contributed by atoms with Crippen molar-refractivity contribution in [2.24, 2.45) is 10.7 Å². The Labute approximate surface area is 133 Å². The van der Waals surface area contributed by atoms with Crippen LogP contribution in [0, 0.1) is 0 Å². The van der Waals surface area contributed by atoms with Gasteiger partial charge in [-0.1, -0.05) is 0 Å². The van der Waals surface area contributed by atoms with Gasteiger partial charge in [0.15, 0.2) is 5.96 Å². The van der Waals surface area contributed by atoms with Gasteiger partial charge in [0.05, 0.1) is 19.6 Å². The Morgan fingerprint density at radius 1 is 1.37 bits per heavy atom. The second kappa shape index (κ2) is 7.78. The Morgan fingerprint density at radius 2 is 2.05 bits per heavy atom. The maximum absolute atomic E-state index is 11.3. The summed E-state index contributed by atoms with van der Waals surface area (Å²) in [6.45, 7) is 2.54.